The van der Waals surface area contributed by atoms with E-state index in [0.29, 0.717) is 9.90 Å². The number of benzene rings is 1. The van der Waals surface area contributed by atoms with Crippen molar-refractivity contribution in [2.24, 2.45) is 0 Å². The van der Waals surface area contributed by atoms with Gasteiger partial charge in [0, 0.05) is 5.69 Å². The molecule has 0 aliphatic carbocycles. The first kappa shape index (κ1) is 18.2. The van der Waals surface area contributed by atoms with E-state index in [2.05, 4.69) is 15.3 Å². The van der Waals surface area contributed by atoms with E-state index in [0.717, 1.165) is 29.2 Å². The second kappa shape index (κ2) is 7.33. The van der Waals surface area contributed by atoms with E-state index < -0.39 is 23.0 Å². The first-order valence-electron chi connectivity index (χ1n) is 6.96. The van der Waals surface area contributed by atoms with Crippen molar-refractivity contribution in [3.8, 4) is 6.07 Å². The Morgan fingerprint density at radius 3 is 2.85 bits per heavy atom. The molecule has 3 aromatic rings. The van der Waals surface area contributed by atoms with E-state index in [-0.39, 0.29) is 26.6 Å². The monoisotopic (exact) mass is 410 g/mol. The first-order valence-corrected chi connectivity index (χ1v) is 9.14. The van der Waals surface area contributed by atoms with E-state index in [1.165, 1.54) is 12.1 Å². The first-order chi connectivity index (χ1) is 12.4. The second-order valence-corrected chi connectivity index (χ2v) is 7.63. The van der Waals surface area contributed by atoms with Gasteiger partial charge in [-0.1, -0.05) is 11.6 Å². The highest BCUT2D eigenvalue weighted by Gasteiger charge is 2.17. The summed E-state index contributed by atoms with van der Waals surface area (Å²) < 4.78 is 13.8. The summed E-state index contributed by atoms with van der Waals surface area (Å²) >= 11 is 7.72. The van der Waals surface area contributed by atoms with Gasteiger partial charge < -0.3 is 10.3 Å². The van der Waals surface area contributed by atoms with Crippen molar-refractivity contribution in [3.63, 3.8) is 0 Å². The van der Waals surface area contributed by atoms with Crippen LogP contribution in [-0.4, -0.2) is 21.6 Å². The van der Waals surface area contributed by atoms with Gasteiger partial charge in [-0.15, -0.1) is 23.1 Å². The molecule has 0 saturated heterocycles. The third-order valence-electron chi connectivity index (χ3n) is 3.20. The van der Waals surface area contributed by atoms with Crippen LogP contribution in [0.1, 0.15) is 5.56 Å². The Kier molecular flexibility index (Phi) is 5.13. The summed E-state index contributed by atoms with van der Waals surface area (Å²) in [6.07, 6.45) is 0. The number of H-pyrrole nitrogens is 2. The molecule has 11 heteroatoms. The number of thiophene rings is 1. The number of hydrogen-bond acceptors (Lipinski definition) is 6. The van der Waals surface area contributed by atoms with Gasteiger partial charge in [0.05, 0.1) is 20.5 Å². The Bertz CT molecular complexity index is 1180. The molecule has 0 fully saturated rings. The number of anilines is 1. The van der Waals surface area contributed by atoms with Crippen LogP contribution < -0.4 is 16.6 Å². The van der Waals surface area contributed by atoms with Crippen molar-refractivity contribution in [1.29, 1.82) is 5.26 Å². The Morgan fingerprint density at radius 1 is 1.38 bits per heavy atom. The van der Waals surface area contributed by atoms with Gasteiger partial charge in [0.25, 0.3) is 5.56 Å². The molecule has 1 amide bonds. The van der Waals surface area contributed by atoms with Crippen molar-refractivity contribution in [2.45, 2.75) is 4.21 Å². The molecule has 0 radical (unpaired) electrons. The zero-order chi connectivity index (χ0) is 18.8. The fourth-order valence-electron chi connectivity index (χ4n) is 2.10. The van der Waals surface area contributed by atoms with Gasteiger partial charge in [-0.3, -0.25) is 14.6 Å². The molecule has 132 valence electrons. The lowest BCUT2D eigenvalue weighted by atomic mass is 10.3. The number of nitrogens with one attached hydrogen (secondary N) is 3. The predicted octanol–water partition coefficient (Wildman–Crippen LogP) is 2.67. The molecule has 0 bridgehead atoms. The minimum Gasteiger partial charge on any atom is -0.325 e. The number of aromatic amines is 2. The number of amides is 1. The average Bonchev–Trinajstić information content (AvgIpc) is 2.94. The van der Waals surface area contributed by atoms with E-state index in [1.807, 2.05) is 6.07 Å². The minimum atomic E-state index is -0.709. The number of thioether (sulfide) groups is 1. The van der Waals surface area contributed by atoms with Gasteiger partial charge in [0.1, 0.15) is 22.1 Å². The molecule has 3 N–H and O–H groups in total. The maximum absolute atomic E-state index is 13.1. The molecular formula is C15H8ClFN4O3S2. The van der Waals surface area contributed by atoms with Crippen LogP contribution in [0, 0.1) is 17.1 Å². The van der Waals surface area contributed by atoms with Crippen LogP contribution in [-0.2, 0) is 4.79 Å². The van der Waals surface area contributed by atoms with E-state index in [1.54, 1.807) is 0 Å². The Morgan fingerprint density at radius 2 is 2.15 bits per heavy atom. The molecule has 26 heavy (non-hydrogen) atoms. The fraction of sp³-hybridized carbons (Fsp3) is 0.0667. The number of rotatable bonds is 4. The molecule has 7 nitrogen and oxygen atoms in total. The Labute approximate surface area is 157 Å². The van der Waals surface area contributed by atoms with Crippen LogP contribution in [0.4, 0.5) is 10.1 Å². The van der Waals surface area contributed by atoms with Gasteiger partial charge in [0.2, 0.25) is 5.91 Å². The third kappa shape index (κ3) is 3.65. The molecule has 0 unspecified atom stereocenters. The lowest BCUT2D eigenvalue weighted by molar-refractivity contribution is -0.113. The maximum atomic E-state index is 13.1. The molecule has 0 saturated carbocycles. The largest absolute Gasteiger partial charge is 0.326 e. The lowest BCUT2D eigenvalue weighted by Crippen LogP contribution is -2.20. The Hall–Kier alpha value is -2.61. The summed E-state index contributed by atoms with van der Waals surface area (Å²) in [6.45, 7) is 0. The molecular weight excluding hydrogens is 403 g/mol. The summed E-state index contributed by atoms with van der Waals surface area (Å²) in [5.41, 5.74) is -0.684. The minimum absolute atomic E-state index is 0.0569. The van der Waals surface area contributed by atoms with Gasteiger partial charge in [-0.25, -0.2) is 9.18 Å². The van der Waals surface area contributed by atoms with Gasteiger partial charge >= 0.3 is 5.69 Å². The third-order valence-corrected chi connectivity index (χ3v) is 5.95. The van der Waals surface area contributed by atoms with Crippen LogP contribution >= 0.6 is 34.7 Å². The zero-order valence-electron chi connectivity index (χ0n) is 12.7. The molecule has 1 aromatic carbocycles. The number of halogens is 2. The topological polar surface area (TPSA) is 119 Å². The van der Waals surface area contributed by atoms with Gasteiger partial charge in [-0.2, -0.15) is 5.26 Å². The number of nitrogens with zero attached hydrogens (tertiary/aromatic N) is 1. The summed E-state index contributed by atoms with van der Waals surface area (Å²) in [6, 6.07) is 5.72. The number of hydrogen-bond donors (Lipinski definition) is 3. The van der Waals surface area contributed by atoms with E-state index in [4.69, 9.17) is 11.6 Å². The SMILES string of the molecule is N#Cc1c(SCC(=O)Nc2ccc(F)c(Cl)c2)sc2c(=O)[nH]c(=O)[nH]c12. The summed E-state index contributed by atoms with van der Waals surface area (Å²) in [7, 11) is 0. The molecule has 0 spiro atoms. The van der Waals surface area contributed by atoms with E-state index in [9.17, 15) is 24.0 Å². The number of nitriles is 1. The number of aromatic nitrogens is 2. The number of carbonyl (C=O) groups excluding carboxylic acids is 1. The number of carbonyl (C=O) groups is 1. The smallest absolute Gasteiger partial charge is 0.325 e. The molecule has 3 rings (SSSR count). The predicted molar refractivity (Wildman–Crippen MR) is 98.5 cm³/mol. The molecule has 2 heterocycles. The maximum Gasteiger partial charge on any atom is 0.326 e. The van der Waals surface area contributed by atoms with Crippen molar-refractivity contribution in [2.75, 3.05) is 11.1 Å². The van der Waals surface area contributed by atoms with Crippen LogP contribution in [0.3, 0.4) is 0 Å². The quantitative estimate of drug-likeness (QED) is 0.571. The van der Waals surface area contributed by atoms with Crippen LogP contribution in [0.5, 0.6) is 0 Å². The average molecular weight is 411 g/mol. The highest BCUT2D eigenvalue weighted by molar-refractivity contribution is 8.02. The Balaban J connectivity index is 1.79. The summed E-state index contributed by atoms with van der Waals surface area (Å²) in [5.74, 6) is -1.05. The standard InChI is InChI=1S/C15H8ClFN4O3S2/c16-8-3-6(1-2-9(8)17)19-10(22)5-25-14-7(4-18)11-12(26-14)13(23)21-15(24)20-11/h1-3H,5H2,(H,19,22)(H2,20,21,23,24). The van der Waals surface area contributed by atoms with Crippen molar-refractivity contribution in [3.05, 3.63) is 55.4 Å². The van der Waals surface area contributed by atoms with Crippen molar-refractivity contribution < 1.29 is 9.18 Å². The van der Waals surface area contributed by atoms with Gasteiger partial charge in [0.15, 0.2) is 0 Å². The van der Waals surface area contributed by atoms with E-state index >= 15 is 0 Å². The molecule has 2 aromatic heterocycles. The normalized spacial score (nSPS) is 10.7. The summed E-state index contributed by atoms with van der Waals surface area (Å²) in [5, 5.41) is 11.7. The van der Waals surface area contributed by atoms with Crippen molar-refractivity contribution >= 4 is 56.5 Å². The zero-order valence-corrected chi connectivity index (χ0v) is 15.1. The van der Waals surface area contributed by atoms with Crippen LogP contribution in [0.2, 0.25) is 5.02 Å². The highest BCUT2D eigenvalue weighted by atomic mass is 35.5. The van der Waals surface area contributed by atoms with Crippen molar-refractivity contribution in [1.82, 2.24) is 9.97 Å². The van der Waals surface area contributed by atoms with Crippen LogP contribution in [0.25, 0.3) is 10.2 Å². The number of fused-ring (bicyclic) bond motifs is 1. The molecule has 0 aliphatic heterocycles. The summed E-state index contributed by atoms with van der Waals surface area (Å²) in [4.78, 5) is 39.7. The molecule has 0 atom stereocenters. The highest BCUT2D eigenvalue weighted by Crippen LogP contribution is 2.34. The van der Waals surface area contributed by atoms with Gasteiger partial charge in [-0.05, 0) is 18.2 Å². The lowest BCUT2D eigenvalue weighted by Gasteiger charge is -2.05. The van der Waals surface area contributed by atoms with Crippen LogP contribution in [0.15, 0.2) is 32.0 Å². The fourth-order valence-corrected chi connectivity index (χ4v) is 4.40. The molecule has 0 aliphatic rings. The second-order valence-electron chi connectivity index (χ2n) is 4.95.